The maximum atomic E-state index is 13.1. The number of aromatic amines is 1. The summed E-state index contributed by atoms with van der Waals surface area (Å²) in [6, 6.07) is 2.89. The summed E-state index contributed by atoms with van der Waals surface area (Å²) >= 11 is 1.06. The molecule has 1 N–H and O–H groups in total. The van der Waals surface area contributed by atoms with Crippen molar-refractivity contribution in [3.8, 4) is 0 Å². The Morgan fingerprint density at radius 2 is 2.10 bits per heavy atom. The fourth-order valence-corrected chi connectivity index (χ4v) is 2.70. The molecule has 0 saturated heterocycles. The molecule has 0 bridgehead atoms. The third kappa shape index (κ3) is 3.38. The molecule has 0 spiro atoms. The van der Waals surface area contributed by atoms with Crippen molar-refractivity contribution in [2.24, 2.45) is 0 Å². The van der Waals surface area contributed by atoms with Gasteiger partial charge in [-0.25, -0.2) is 18.7 Å². The number of Topliss-reactive ketones (excluding diaryl/α,β-unsaturated/α-hetero) is 1. The average molecular weight is 313 g/mol. The van der Waals surface area contributed by atoms with E-state index in [-0.39, 0.29) is 28.8 Å². The molecule has 2 rings (SSSR count). The number of nitrogens with zero attached hydrogens (tertiary/aromatic N) is 2. The molecule has 0 aliphatic carbocycles. The molecule has 0 radical (unpaired) electrons. The van der Waals surface area contributed by atoms with Crippen molar-refractivity contribution in [1.29, 1.82) is 0 Å². The minimum atomic E-state index is -1.07. The third-order valence-electron chi connectivity index (χ3n) is 2.76. The lowest BCUT2D eigenvalue weighted by Gasteiger charge is -2.08. The Balaban J connectivity index is 2.11. The molecule has 5 nitrogen and oxygen atoms in total. The molecule has 21 heavy (non-hydrogen) atoms. The zero-order valence-corrected chi connectivity index (χ0v) is 12.2. The van der Waals surface area contributed by atoms with Gasteiger partial charge in [0, 0.05) is 11.6 Å². The quantitative estimate of drug-likeness (QED) is 0.680. The fraction of sp³-hybridized carbons (Fsp3) is 0.308. The monoisotopic (exact) mass is 313 g/mol. The van der Waals surface area contributed by atoms with Gasteiger partial charge in [0.1, 0.15) is 0 Å². The number of carbonyl (C=O) groups is 1. The topological polar surface area (TPSA) is 67.8 Å². The number of thioether (sulfide) groups is 1. The summed E-state index contributed by atoms with van der Waals surface area (Å²) in [7, 11) is 0. The van der Waals surface area contributed by atoms with Crippen LogP contribution in [0.15, 0.2) is 28.2 Å². The summed E-state index contributed by atoms with van der Waals surface area (Å²) in [5.74, 6) is -2.46. The number of carbonyl (C=O) groups excluding carboxylic acids is 1. The number of hydrogen-bond acceptors (Lipinski definition) is 4. The predicted molar refractivity (Wildman–Crippen MR) is 74.6 cm³/mol. The maximum absolute atomic E-state index is 13.1. The summed E-state index contributed by atoms with van der Waals surface area (Å²) in [5.41, 5.74) is -0.275. The van der Waals surface area contributed by atoms with Gasteiger partial charge in [0.2, 0.25) is 0 Å². The first-order valence-electron chi connectivity index (χ1n) is 6.18. The zero-order chi connectivity index (χ0) is 15.6. The first-order chi connectivity index (χ1) is 9.90. The van der Waals surface area contributed by atoms with Gasteiger partial charge >= 0.3 is 5.69 Å². The second kappa shape index (κ2) is 6.21. The molecule has 2 aromatic rings. The first-order valence-corrected chi connectivity index (χ1v) is 7.16. The van der Waals surface area contributed by atoms with E-state index < -0.39 is 11.6 Å². The summed E-state index contributed by atoms with van der Waals surface area (Å²) < 4.78 is 27.3. The summed E-state index contributed by atoms with van der Waals surface area (Å²) in [5, 5.41) is 6.53. The van der Waals surface area contributed by atoms with E-state index in [1.807, 2.05) is 13.8 Å². The van der Waals surface area contributed by atoms with E-state index in [4.69, 9.17) is 0 Å². The average Bonchev–Trinajstić information content (AvgIpc) is 2.80. The van der Waals surface area contributed by atoms with Crippen molar-refractivity contribution in [3.63, 3.8) is 0 Å². The minimum Gasteiger partial charge on any atom is -0.293 e. The molecular formula is C13H13F2N3O2S. The van der Waals surface area contributed by atoms with Gasteiger partial charge in [-0.15, -0.1) is 5.10 Å². The Morgan fingerprint density at radius 3 is 2.71 bits per heavy atom. The van der Waals surface area contributed by atoms with Crippen LogP contribution in [0, 0.1) is 11.6 Å². The SMILES string of the molecule is CC(C)n1c(SCC(=O)c2ccc(F)c(F)c2)n[nH]c1=O. The molecule has 8 heteroatoms. The van der Waals surface area contributed by atoms with Crippen LogP contribution in [0.4, 0.5) is 8.78 Å². The van der Waals surface area contributed by atoms with E-state index in [1.54, 1.807) is 0 Å². The standard InChI is InChI=1S/C13H13F2N3O2S/c1-7(2)18-12(20)16-17-13(18)21-6-11(19)8-3-4-9(14)10(15)5-8/h3-5,7H,6H2,1-2H3,(H,16,20). The van der Waals surface area contributed by atoms with Gasteiger partial charge in [0.15, 0.2) is 22.6 Å². The Kier molecular flexibility index (Phi) is 4.56. The molecule has 0 fully saturated rings. The second-order valence-electron chi connectivity index (χ2n) is 4.62. The summed E-state index contributed by atoms with van der Waals surface area (Å²) in [6.45, 7) is 3.64. The minimum absolute atomic E-state index is 0.0257. The van der Waals surface area contributed by atoms with Crippen LogP contribution in [0.1, 0.15) is 30.2 Å². The van der Waals surface area contributed by atoms with E-state index in [9.17, 15) is 18.4 Å². The van der Waals surface area contributed by atoms with Gasteiger partial charge in [-0.2, -0.15) is 0 Å². The highest BCUT2D eigenvalue weighted by Gasteiger charge is 2.15. The molecule has 1 aromatic carbocycles. The summed E-state index contributed by atoms with van der Waals surface area (Å²) in [4.78, 5) is 23.5. The van der Waals surface area contributed by atoms with Crippen LogP contribution in [0.5, 0.6) is 0 Å². The summed E-state index contributed by atoms with van der Waals surface area (Å²) in [6.07, 6.45) is 0. The number of benzene rings is 1. The van der Waals surface area contributed by atoms with Crippen LogP contribution in [-0.2, 0) is 0 Å². The highest BCUT2D eigenvalue weighted by molar-refractivity contribution is 7.99. The maximum Gasteiger partial charge on any atom is 0.344 e. The number of aromatic nitrogens is 3. The largest absolute Gasteiger partial charge is 0.344 e. The molecule has 0 saturated carbocycles. The van der Waals surface area contributed by atoms with Crippen LogP contribution in [-0.4, -0.2) is 26.3 Å². The van der Waals surface area contributed by atoms with Crippen molar-refractivity contribution < 1.29 is 13.6 Å². The van der Waals surface area contributed by atoms with Gasteiger partial charge in [0.05, 0.1) is 5.75 Å². The third-order valence-corrected chi connectivity index (χ3v) is 3.72. The van der Waals surface area contributed by atoms with E-state index in [1.165, 1.54) is 10.6 Å². The number of hydrogen-bond donors (Lipinski definition) is 1. The van der Waals surface area contributed by atoms with Crippen molar-refractivity contribution in [1.82, 2.24) is 14.8 Å². The van der Waals surface area contributed by atoms with E-state index >= 15 is 0 Å². The van der Waals surface area contributed by atoms with Gasteiger partial charge < -0.3 is 0 Å². The number of ketones is 1. The molecular weight excluding hydrogens is 300 g/mol. The van der Waals surface area contributed by atoms with Crippen LogP contribution in [0.2, 0.25) is 0 Å². The zero-order valence-electron chi connectivity index (χ0n) is 11.4. The Hall–Kier alpha value is -1.96. The number of H-pyrrole nitrogens is 1. The fourth-order valence-electron chi connectivity index (χ4n) is 1.73. The second-order valence-corrected chi connectivity index (χ2v) is 5.56. The predicted octanol–water partition coefficient (Wildman–Crippen LogP) is 2.41. The Morgan fingerprint density at radius 1 is 1.38 bits per heavy atom. The molecule has 1 aromatic heterocycles. The molecule has 0 aliphatic rings. The molecule has 1 heterocycles. The molecule has 0 aliphatic heterocycles. The highest BCUT2D eigenvalue weighted by atomic mass is 32.2. The lowest BCUT2D eigenvalue weighted by molar-refractivity contribution is 0.102. The van der Waals surface area contributed by atoms with E-state index in [0.29, 0.717) is 5.16 Å². The number of halogens is 2. The molecule has 0 atom stereocenters. The molecule has 0 unspecified atom stereocenters. The van der Waals surface area contributed by atoms with E-state index in [0.717, 1.165) is 23.9 Å². The lowest BCUT2D eigenvalue weighted by atomic mass is 10.1. The van der Waals surface area contributed by atoms with Gasteiger partial charge in [-0.05, 0) is 32.0 Å². The van der Waals surface area contributed by atoms with Gasteiger partial charge in [0.25, 0.3) is 0 Å². The van der Waals surface area contributed by atoms with Gasteiger partial charge in [-0.1, -0.05) is 11.8 Å². The van der Waals surface area contributed by atoms with Crippen molar-refractivity contribution in [2.75, 3.05) is 5.75 Å². The van der Waals surface area contributed by atoms with Crippen molar-refractivity contribution in [2.45, 2.75) is 25.0 Å². The van der Waals surface area contributed by atoms with E-state index in [2.05, 4.69) is 10.2 Å². The normalized spacial score (nSPS) is 11.1. The smallest absolute Gasteiger partial charge is 0.293 e. The van der Waals surface area contributed by atoms with Crippen molar-refractivity contribution >= 4 is 17.5 Å². The highest BCUT2D eigenvalue weighted by Crippen LogP contribution is 2.19. The van der Waals surface area contributed by atoms with Crippen LogP contribution in [0.3, 0.4) is 0 Å². The van der Waals surface area contributed by atoms with Crippen LogP contribution < -0.4 is 5.69 Å². The Labute approximate surface area is 123 Å². The molecule has 112 valence electrons. The van der Waals surface area contributed by atoms with Gasteiger partial charge in [-0.3, -0.25) is 9.36 Å². The van der Waals surface area contributed by atoms with Crippen LogP contribution >= 0.6 is 11.8 Å². The molecule has 0 amide bonds. The first kappa shape index (κ1) is 15.4. The lowest BCUT2D eigenvalue weighted by Crippen LogP contribution is -2.19. The number of nitrogens with one attached hydrogen (secondary N) is 1. The van der Waals surface area contributed by atoms with Crippen molar-refractivity contribution in [3.05, 3.63) is 45.9 Å². The number of rotatable bonds is 5. The Bertz CT molecular complexity index is 724. The van der Waals surface area contributed by atoms with Crippen LogP contribution in [0.25, 0.3) is 0 Å².